The van der Waals surface area contributed by atoms with Crippen LogP contribution in [0.5, 0.6) is 11.5 Å². The maximum Gasteiger partial charge on any atom is 0.387 e. The summed E-state index contributed by atoms with van der Waals surface area (Å²) < 4.78 is 34.8. The number of likely N-dealkylation sites (N-methyl/N-ethyl adjacent to an activating group) is 1. The Hall–Kier alpha value is -1.62. The lowest BCUT2D eigenvalue weighted by Crippen LogP contribution is -2.14. The lowest BCUT2D eigenvalue weighted by molar-refractivity contribution is -0.0513. The van der Waals surface area contributed by atoms with E-state index in [2.05, 4.69) is 23.9 Å². The van der Waals surface area contributed by atoms with Gasteiger partial charge in [0.15, 0.2) is 11.5 Å². The smallest absolute Gasteiger partial charge is 0.387 e. The van der Waals surface area contributed by atoms with Crippen molar-refractivity contribution in [1.82, 2.24) is 5.32 Å². The Morgan fingerprint density at radius 1 is 1.35 bits per heavy atom. The van der Waals surface area contributed by atoms with E-state index in [0.29, 0.717) is 23.8 Å². The van der Waals surface area contributed by atoms with Crippen molar-refractivity contribution in [2.75, 3.05) is 20.7 Å². The SMILES string of the molecule is CNCC(=Cc1cccc(OC)c1OC(F)F)C(C)C. The third kappa shape index (κ3) is 4.49. The summed E-state index contributed by atoms with van der Waals surface area (Å²) in [5.74, 6) is 0.666. The van der Waals surface area contributed by atoms with Crippen molar-refractivity contribution in [3.8, 4) is 11.5 Å². The predicted octanol–water partition coefficient (Wildman–Crippen LogP) is 3.56. The number of alkyl halides is 2. The van der Waals surface area contributed by atoms with Crippen LogP contribution in [0.2, 0.25) is 0 Å². The number of ether oxygens (including phenoxy) is 2. The molecule has 20 heavy (non-hydrogen) atoms. The molecule has 0 heterocycles. The van der Waals surface area contributed by atoms with Crippen molar-refractivity contribution in [3.05, 3.63) is 29.3 Å². The number of nitrogens with one attached hydrogen (secondary N) is 1. The van der Waals surface area contributed by atoms with Crippen LogP contribution in [-0.2, 0) is 0 Å². The largest absolute Gasteiger partial charge is 0.493 e. The molecule has 3 nitrogen and oxygen atoms in total. The Morgan fingerprint density at radius 2 is 2.05 bits per heavy atom. The molecule has 0 spiro atoms. The van der Waals surface area contributed by atoms with Gasteiger partial charge in [-0.1, -0.05) is 37.6 Å². The molecule has 1 aromatic carbocycles. The van der Waals surface area contributed by atoms with Gasteiger partial charge in [-0.25, -0.2) is 0 Å². The molecule has 5 heteroatoms. The summed E-state index contributed by atoms with van der Waals surface area (Å²) in [7, 11) is 3.27. The van der Waals surface area contributed by atoms with Crippen molar-refractivity contribution >= 4 is 6.08 Å². The number of benzene rings is 1. The Morgan fingerprint density at radius 3 is 2.55 bits per heavy atom. The van der Waals surface area contributed by atoms with Crippen LogP contribution in [0.3, 0.4) is 0 Å². The second-order valence-electron chi connectivity index (χ2n) is 4.66. The minimum atomic E-state index is -2.88. The van der Waals surface area contributed by atoms with E-state index < -0.39 is 6.61 Å². The van der Waals surface area contributed by atoms with E-state index in [1.54, 1.807) is 18.2 Å². The van der Waals surface area contributed by atoms with Gasteiger partial charge in [-0.3, -0.25) is 0 Å². The van der Waals surface area contributed by atoms with Gasteiger partial charge in [0, 0.05) is 12.1 Å². The first kappa shape index (κ1) is 16.4. The lowest BCUT2D eigenvalue weighted by Gasteiger charge is -2.15. The lowest BCUT2D eigenvalue weighted by atomic mass is 9.99. The van der Waals surface area contributed by atoms with Gasteiger partial charge in [-0.15, -0.1) is 0 Å². The molecule has 0 saturated heterocycles. The molecule has 0 atom stereocenters. The van der Waals surface area contributed by atoms with Gasteiger partial charge in [0.1, 0.15) is 0 Å². The molecule has 1 rings (SSSR count). The average molecular weight is 285 g/mol. The number of halogens is 2. The fourth-order valence-electron chi connectivity index (χ4n) is 1.85. The highest BCUT2D eigenvalue weighted by molar-refractivity contribution is 5.64. The Labute approximate surface area is 118 Å². The third-order valence-corrected chi connectivity index (χ3v) is 2.90. The zero-order valence-corrected chi connectivity index (χ0v) is 12.2. The maximum absolute atomic E-state index is 12.6. The van der Waals surface area contributed by atoms with Crippen LogP contribution in [0.15, 0.2) is 23.8 Å². The molecule has 0 amide bonds. The van der Waals surface area contributed by atoms with Crippen LogP contribution in [0, 0.1) is 5.92 Å². The van der Waals surface area contributed by atoms with E-state index >= 15 is 0 Å². The highest BCUT2D eigenvalue weighted by Gasteiger charge is 2.15. The van der Waals surface area contributed by atoms with Gasteiger partial charge in [0.25, 0.3) is 0 Å². The van der Waals surface area contributed by atoms with Crippen molar-refractivity contribution in [2.45, 2.75) is 20.5 Å². The van der Waals surface area contributed by atoms with E-state index in [0.717, 1.165) is 5.57 Å². The monoisotopic (exact) mass is 285 g/mol. The van der Waals surface area contributed by atoms with Crippen LogP contribution < -0.4 is 14.8 Å². The average Bonchev–Trinajstić information content (AvgIpc) is 2.39. The standard InChI is InChI=1S/C15H21F2NO2/c1-10(2)12(9-18-3)8-11-6-5-7-13(19-4)14(11)20-15(16)17/h5-8,10,15,18H,9H2,1-4H3. The molecule has 0 aromatic heterocycles. The fourth-order valence-corrected chi connectivity index (χ4v) is 1.85. The summed E-state index contributed by atoms with van der Waals surface area (Å²) in [5.41, 5.74) is 1.68. The molecule has 0 saturated carbocycles. The second-order valence-corrected chi connectivity index (χ2v) is 4.66. The van der Waals surface area contributed by atoms with E-state index in [1.165, 1.54) is 7.11 Å². The number of hydrogen-bond donors (Lipinski definition) is 1. The highest BCUT2D eigenvalue weighted by atomic mass is 19.3. The van der Waals surface area contributed by atoms with E-state index in [4.69, 9.17) is 4.74 Å². The highest BCUT2D eigenvalue weighted by Crippen LogP contribution is 2.34. The van der Waals surface area contributed by atoms with Gasteiger partial charge in [-0.05, 0) is 19.0 Å². The predicted molar refractivity (Wildman–Crippen MR) is 76.4 cm³/mol. The first-order valence-corrected chi connectivity index (χ1v) is 6.46. The summed E-state index contributed by atoms with van der Waals surface area (Å²) >= 11 is 0. The minimum Gasteiger partial charge on any atom is -0.493 e. The molecule has 0 aliphatic carbocycles. The molecule has 0 unspecified atom stereocenters. The zero-order valence-electron chi connectivity index (χ0n) is 12.2. The van der Waals surface area contributed by atoms with Crippen molar-refractivity contribution in [2.24, 2.45) is 5.92 Å². The molecule has 0 aliphatic heterocycles. The minimum absolute atomic E-state index is 0.0688. The first-order valence-electron chi connectivity index (χ1n) is 6.46. The molecule has 0 radical (unpaired) electrons. The van der Waals surface area contributed by atoms with Gasteiger partial charge >= 0.3 is 6.61 Å². The van der Waals surface area contributed by atoms with E-state index in [-0.39, 0.29) is 5.75 Å². The molecule has 1 aromatic rings. The van der Waals surface area contributed by atoms with Crippen molar-refractivity contribution in [3.63, 3.8) is 0 Å². The van der Waals surface area contributed by atoms with Crippen LogP contribution >= 0.6 is 0 Å². The van der Waals surface area contributed by atoms with Crippen LogP contribution in [0.1, 0.15) is 19.4 Å². The molecule has 0 aliphatic rings. The van der Waals surface area contributed by atoms with Crippen LogP contribution in [0.25, 0.3) is 6.08 Å². The van der Waals surface area contributed by atoms with E-state index in [9.17, 15) is 8.78 Å². The first-order chi connectivity index (χ1) is 9.49. The Kier molecular flexibility index (Phi) is 6.45. The number of para-hydroxylation sites is 1. The summed E-state index contributed by atoms with van der Waals surface area (Å²) in [5, 5.41) is 3.07. The third-order valence-electron chi connectivity index (χ3n) is 2.90. The summed E-state index contributed by atoms with van der Waals surface area (Å²) in [6.45, 7) is 1.90. The summed E-state index contributed by atoms with van der Waals surface area (Å²) in [6, 6.07) is 5.08. The van der Waals surface area contributed by atoms with Crippen molar-refractivity contribution < 1.29 is 18.3 Å². The topological polar surface area (TPSA) is 30.5 Å². The molecular formula is C15H21F2NO2. The normalized spacial score (nSPS) is 12.1. The molecular weight excluding hydrogens is 264 g/mol. The molecule has 0 fully saturated rings. The van der Waals surface area contributed by atoms with E-state index in [1.807, 2.05) is 13.1 Å². The zero-order chi connectivity index (χ0) is 15.1. The number of methoxy groups -OCH3 is 1. The number of hydrogen-bond acceptors (Lipinski definition) is 3. The number of rotatable bonds is 7. The van der Waals surface area contributed by atoms with Gasteiger partial charge < -0.3 is 14.8 Å². The van der Waals surface area contributed by atoms with Gasteiger partial charge in [0.05, 0.1) is 7.11 Å². The fraction of sp³-hybridized carbons (Fsp3) is 0.467. The maximum atomic E-state index is 12.6. The van der Waals surface area contributed by atoms with Crippen LogP contribution in [-0.4, -0.2) is 27.3 Å². The van der Waals surface area contributed by atoms with Crippen molar-refractivity contribution in [1.29, 1.82) is 0 Å². The molecule has 112 valence electrons. The van der Waals surface area contributed by atoms with Crippen LogP contribution in [0.4, 0.5) is 8.78 Å². The Balaban J connectivity index is 3.24. The summed E-state index contributed by atoms with van der Waals surface area (Å²) in [6.07, 6.45) is 1.86. The quantitative estimate of drug-likeness (QED) is 0.831. The van der Waals surface area contributed by atoms with Gasteiger partial charge in [-0.2, -0.15) is 8.78 Å². The molecule has 0 bridgehead atoms. The van der Waals surface area contributed by atoms with Gasteiger partial charge in [0.2, 0.25) is 0 Å². The Bertz CT molecular complexity index is 459. The summed E-state index contributed by atoms with van der Waals surface area (Å²) in [4.78, 5) is 0. The second kappa shape index (κ2) is 7.85. The molecule has 1 N–H and O–H groups in total.